The third kappa shape index (κ3) is 6.73. The lowest BCUT2D eigenvalue weighted by atomic mass is 9.95. The van der Waals surface area contributed by atoms with E-state index in [1.165, 1.54) is 5.56 Å². The van der Waals surface area contributed by atoms with Crippen LogP contribution in [0.5, 0.6) is 0 Å². The summed E-state index contributed by atoms with van der Waals surface area (Å²) in [5.74, 6) is 1.07. The number of hydrogen-bond acceptors (Lipinski definition) is 3. The van der Waals surface area contributed by atoms with Crippen molar-refractivity contribution in [2.75, 3.05) is 25.1 Å². The molecule has 0 saturated carbocycles. The highest BCUT2D eigenvalue weighted by Gasteiger charge is 2.12. The summed E-state index contributed by atoms with van der Waals surface area (Å²) in [4.78, 5) is 0. The Balaban J connectivity index is 2.45. The van der Waals surface area contributed by atoms with Crippen molar-refractivity contribution in [3.63, 3.8) is 0 Å². The molecular weight excluding hydrogens is 258 g/mol. The van der Waals surface area contributed by atoms with E-state index in [4.69, 9.17) is 0 Å². The van der Waals surface area contributed by atoms with Crippen LogP contribution in [0, 0.1) is 5.92 Å². The smallest absolute Gasteiger partial charge is 0.150 e. The van der Waals surface area contributed by atoms with Gasteiger partial charge in [-0.1, -0.05) is 37.3 Å². The van der Waals surface area contributed by atoms with Crippen LogP contribution >= 0.6 is 0 Å². The van der Waals surface area contributed by atoms with Crippen LogP contribution in [0.15, 0.2) is 30.3 Å². The summed E-state index contributed by atoms with van der Waals surface area (Å²) in [6.45, 7) is 2.64. The van der Waals surface area contributed by atoms with Crippen LogP contribution in [-0.4, -0.2) is 33.5 Å². The van der Waals surface area contributed by atoms with Crippen molar-refractivity contribution >= 4 is 9.84 Å². The minimum atomic E-state index is -2.82. The number of rotatable bonds is 9. The van der Waals surface area contributed by atoms with E-state index in [0.29, 0.717) is 11.7 Å². The highest BCUT2D eigenvalue weighted by Crippen LogP contribution is 2.14. The Morgan fingerprint density at radius 3 is 2.47 bits per heavy atom. The van der Waals surface area contributed by atoms with Gasteiger partial charge in [-0.3, -0.25) is 0 Å². The zero-order chi connectivity index (χ0) is 14.1. The first-order valence-corrected chi connectivity index (χ1v) is 8.78. The summed E-state index contributed by atoms with van der Waals surface area (Å²) < 4.78 is 23.0. The molecule has 1 unspecified atom stereocenters. The summed E-state index contributed by atoms with van der Waals surface area (Å²) in [6, 6.07) is 10.4. The van der Waals surface area contributed by atoms with Gasteiger partial charge in [0.2, 0.25) is 0 Å². The maximum Gasteiger partial charge on any atom is 0.150 e. The molecule has 0 spiro atoms. The van der Waals surface area contributed by atoms with Crippen molar-refractivity contribution in [3.05, 3.63) is 35.9 Å². The Morgan fingerprint density at radius 1 is 1.21 bits per heavy atom. The average Bonchev–Trinajstić information content (AvgIpc) is 2.40. The van der Waals surface area contributed by atoms with Gasteiger partial charge in [-0.2, -0.15) is 0 Å². The van der Waals surface area contributed by atoms with Crippen LogP contribution in [-0.2, 0) is 16.3 Å². The molecule has 4 heteroatoms. The molecule has 0 bridgehead atoms. The van der Waals surface area contributed by atoms with E-state index in [1.807, 2.05) is 25.2 Å². The minimum Gasteiger partial charge on any atom is -0.319 e. The summed E-state index contributed by atoms with van der Waals surface area (Å²) in [7, 11) is -0.878. The molecule has 0 heterocycles. The molecule has 0 fully saturated rings. The fraction of sp³-hybridized carbons (Fsp3) is 0.600. The highest BCUT2D eigenvalue weighted by atomic mass is 32.2. The van der Waals surface area contributed by atoms with Crippen molar-refractivity contribution in [2.45, 2.75) is 26.2 Å². The first-order chi connectivity index (χ1) is 9.07. The van der Waals surface area contributed by atoms with Gasteiger partial charge in [0.1, 0.15) is 9.84 Å². The molecule has 1 N–H and O–H groups in total. The van der Waals surface area contributed by atoms with Gasteiger partial charge in [0.25, 0.3) is 0 Å². The molecule has 3 nitrogen and oxygen atoms in total. The summed E-state index contributed by atoms with van der Waals surface area (Å²) in [6.07, 6.45) is 2.72. The van der Waals surface area contributed by atoms with Gasteiger partial charge in [0.05, 0.1) is 5.75 Å². The molecule has 0 aromatic heterocycles. The number of hydrogen-bond donors (Lipinski definition) is 1. The van der Waals surface area contributed by atoms with E-state index < -0.39 is 9.84 Å². The lowest BCUT2D eigenvalue weighted by Crippen LogP contribution is -2.22. The Labute approximate surface area is 117 Å². The minimum absolute atomic E-state index is 0.252. The number of nitrogens with one attached hydrogen (secondary N) is 1. The van der Waals surface area contributed by atoms with Gasteiger partial charge in [-0.25, -0.2) is 8.42 Å². The Hall–Kier alpha value is -0.870. The van der Waals surface area contributed by atoms with E-state index in [1.54, 1.807) is 6.92 Å². The van der Waals surface area contributed by atoms with Crippen LogP contribution in [0.1, 0.15) is 25.3 Å². The molecule has 108 valence electrons. The lowest BCUT2D eigenvalue weighted by molar-refractivity contribution is 0.455. The van der Waals surface area contributed by atoms with Gasteiger partial charge in [-0.05, 0) is 44.3 Å². The second-order valence-electron chi connectivity index (χ2n) is 4.99. The molecule has 0 aliphatic carbocycles. The predicted octanol–water partition coefficient (Wildman–Crippen LogP) is 2.28. The number of benzene rings is 1. The van der Waals surface area contributed by atoms with Crippen LogP contribution < -0.4 is 5.32 Å². The molecular formula is C15H25NO2S. The zero-order valence-electron chi connectivity index (χ0n) is 11.9. The Morgan fingerprint density at radius 2 is 1.89 bits per heavy atom. The average molecular weight is 283 g/mol. The molecule has 1 atom stereocenters. The lowest BCUT2D eigenvalue weighted by Gasteiger charge is -2.16. The molecule has 1 aromatic rings. The van der Waals surface area contributed by atoms with Gasteiger partial charge in [0, 0.05) is 5.75 Å². The predicted molar refractivity (Wildman–Crippen MR) is 81.1 cm³/mol. The molecule has 19 heavy (non-hydrogen) atoms. The van der Waals surface area contributed by atoms with E-state index in [9.17, 15) is 8.42 Å². The number of sulfone groups is 1. The van der Waals surface area contributed by atoms with Crippen LogP contribution in [0.4, 0.5) is 0 Å². The van der Waals surface area contributed by atoms with Gasteiger partial charge < -0.3 is 5.32 Å². The molecule has 0 amide bonds. The third-order valence-electron chi connectivity index (χ3n) is 3.37. The Kier molecular flexibility index (Phi) is 7.10. The maximum absolute atomic E-state index is 11.5. The van der Waals surface area contributed by atoms with Crippen molar-refractivity contribution in [1.82, 2.24) is 5.32 Å². The Bertz CT molecular complexity index is 442. The monoisotopic (exact) mass is 283 g/mol. The fourth-order valence-corrected chi connectivity index (χ4v) is 3.14. The highest BCUT2D eigenvalue weighted by molar-refractivity contribution is 7.91. The van der Waals surface area contributed by atoms with Gasteiger partial charge in [-0.15, -0.1) is 0 Å². The van der Waals surface area contributed by atoms with E-state index in [-0.39, 0.29) is 5.75 Å². The van der Waals surface area contributed by atoms with Crippen molar-refractivity contribution in [1.29, 1.82) is 0 Å². The first kappa shape index (κ1) is 16.2. The molecule has 1 rings (SSSR count). The second kappa shape index (κ2) is 8.33. The second-order valence-corrected chi connectivity index (χ2v) is 7.46. The quantitative estimate of drug-likeness (QED) is 0.756. The summed E-state index contributed by atoms with van der Waals surface area (Å²) >= 11 is 0. The van der Waals surface area contributed by atoms with Crippen molar-refractivity contribution in [3.8, 4) is 0 Å². The maximum atomic E-state index is 11.5. The zero-order valence-corrected chi connectivity index (χ0v) is 12.7. The van der Waals surface area contributed by atoms with Crippen molar-refractivity contribution in [2.24, 2.45) is 5.92 Å². The molecule has 0 aliphatic heterocycles. The molecule has 1 aromatic carbocycles. The van der Waals surface area contributed by atoms with Gasteiger partial charge >= 0.3 is 0 Å². The fourth-order valence-electron chi connectivity index (χ4n) is 2.25. The normalized spacial score (nSPS) is 13.4. The third-order valence-corrected chi connectivity index (χ3v) is 5.16. The van der Waals surface area contributed by atoms with Crippen LogP contribution in [0.25, 0.3) is 0 Å². The molecule has 0 radical (unpaired) electrons. The van der Waals surface area contributed by atoms with Crippen LogP contribution in [0.3, 0.4) is 0 Å². The summed E-state index contributed by atoms with van der Waals surface area (Å²) in [5, 5.41) is 3.20. The topological polar surface area (TPSA) is 46.2 Å². The summed E-state index contributed by atoms with van der Waals surface area (Å²) in [5.41, 5.74) is 1.32. The molecule has 0 aliphatic rings. The van der Waals surface area contributed by atoms with E-state index in [2.05, 4.69) is 17.4 Å². The van der Waals surface area contributed by atoms with Crippen molar-refractivity contribution < 1.29 is 8.42 Å². The van der Waals surface area contributed by atoms with Crippen LogP contribution in [0.2, 0.25) is 0 Å². The largest absolute Gasteiger partial charge is 0.319 e. The van der Waals surface area contributed by atoms with Gasteiger partial charge in [0.15, 0.2) is 0 Å². The molecule has 0 saturated heterocycles. The first-order valence-electron chi connectivity index (χ1n) is 6.96. The van der Waals surface area contributed by atoms with E-state index >= 15 is 0 Å². The standard InChI is InChI=1S/C15H25NO2S/c1-3-19(17,18)11-7-10-15(13-16-2)12-14-8-5-4-6-9-14/h4-6,8-9,15-16H,3,7,10-13H2,1-2H3. The van der Waals surface area contributed by atoms with E-state index in [0.717, 1.165) is 25.8 Å². The SMILES string of the molecule is CCS(=O)(=O)CCCC(CNC)Cc1ccccc1.